The summed E-state index contributed by atoms with van der Waals surface area (Å²) in [6, 6.07) is 0. The molecule has 1 unspecified atom stereocenters. The van der Waals surface area contributed by atoms with Crippen LogP contribution in [0.25, 0.3) is 0 Å². The number of hydrogen-bond acceptors (Lipinski definition) is 3. The van der Waals surface area contributed by atoms with Crippen LogP contribution in [0.1, 0.15) is 33.6 Å². The molecule has 0 bridgehead atoms. The zero-order valence-corrected chi connectivity index (χ0v) is 10.6. The molecule has 1 atom stereocenters. The van der Waals surface area contributed by atoms with E-state index in [-0.39, 0.29) is 0 Å². The van der Waals surface area contributed by atoms with Crippen LogP contribution in [-0.4, -0.2) is 26.5 Å². The largest absolute Gasteiger partial charge is 0.458 e. The van der Waals surface area contributed by atoms with Crippen LogP contribution >= 0.6 is 19.2 Å². The minimum atomic E-state index is -4.63. The van der Waals surface area contributed by atoms with Crippen LogP contribution in [-0.2, 0) is 14.1 Å². The second-order valence-corrected chi connectivity index (χ2v) is 5.94. The lowest BCUT2D eigenvalue weighted by Gasteiger charge is -2.28. The molecule has 7 heteroatoms. The average molecular weight is 259 g/mol. The lowest BCUT2D eigenvalue weighted by atomic mass is 10.0. The van der Waals surface area contributed by atoms with Crippen molar-refractivity contribution in [3.63, 3.8) is 0 Å². The number of alkyl halides is 1. The van der Waals surface area contributed by atoms with Gasteiger partial charge in [0.1, 0.15) is 5.60 Å². The number of ether oxygens (including phenoxy) is 1. The first-order valence-corrected chi connectivity index (χ1v) is 6.70. The Balaban J connectivity index is 4.57. The van der Waals surface area contributed by atoms with E-state index in [0.29, 0.717) is 12.8 Å². The summed E-state index contributed by atoms with van der Waals surface area (Å²) in [5, 5.41) is -1.92. The highest BCUT2D eigenvalue weighted by atomic mass is 35.5. The van der Waals surface area contributed by atoms with Gasteiger partial charge in [0.2, 0.25) is 5.12 Å². The predicted octanol–water partition coefficient (Wildman–Crippen LogP) is 1.85. The van der Waals surface area contributed by atoms with Crippen LogP contribution in [0, 0.1) is 0 Å². The Kier molecular flexibility index (Phi) is 5.27. The predicted molar refractivity (Wildman–Crippen MR) is 56.8 cm³/mol. The second-order valence-electron chi connectivity index (χ2n) is 3.50. The van der Waals surface area contributed by atoms with Crippen LogP contribution < -0.4 is 0 Å². The van der Waals surface area contributed by atoms with E-state index in [1.807, 2.05) is 13.8 Å². The number of halogens is 1. The zero-order chi connectivity index (χ0) is 12.3. The van der Waals surface area contributed by atoms with Gasteiger partial charge in [-0.2, -0.15) is 0 Å². The van der Waals surface area contributed by atoms with Crippen molar-refractivity contribution >= 4 is 25.2 Å². The Morgan fingerprint density at radius 2 is 1.87 bits per heavy atom. The number of rotatable bonds is 5. The number of carbonyl (C=O) groups is 1. The van der Waals surface area contributed by atoms with Gasteiger partial charge in [-0.05, 0) is 19.8 Å². The first-order valence-electron chi connectivity index (χ1n) is 4.58. The van der Waals surface area contributed by atoms with Crippen LogP contribution in [0.15, 0.2) is 0 Å². The van der Waals surface area contributed by atoms with E-state index < -0.39 is 24.3 Å². The number of hydrogen-bond donors (Lipinski definition) is 2. The highest BCUT2D eigenvalue weighted by Gasteiger charge is 2.38. The normalized spacial score (nSPS) is 14.8. The second kappa shape index (κ2) is 5.30. The summed E-state index contributed by atoms with van der Waals surface area (Å²) in [6.07, 6.45) is 1.11. The van der Waals surface area contributed by atoms with Crippen molar-refractivity contribution in [2.24, 2.45) is 0 Å². The summed E-state index contributed by atoms with van der Waals surface area (Å²) in [5.74, 6) is -1.07. The van der Waals surface area contributed by atoms with E-state index in [1.54, 1.807) is 6.92 Å². The lowest BCUT2D eigenvalue weighted by Crippen LogP contribution is -2.33. The van der Waals surface area contributed by atoms with E-state index in [9.17, 15) is 9.36 Å². The fraction of sp³-hybridized carbons (Fsp3) is 0.875. The van der Waals surface area contributed by atoms with Gasteiger partial charge in [-0.3, -0.25) is 4.57 Å². The smallest absolute Gasteiger partial charge is 0.354 e. The highest BCUT2D eigenvalue weighted by molar-refractivity contribution is 7.55. The molecule has 0 aliphatic rings. The van der Waals surface area contributed by atoms with E-state index in [2.05, 4.69) is 0 Å². The van der Waals surface area contributed by atoms with Crippen molar-refractivity contribution in [1.82, 2.24) is 0 Å². The van der Waals surface area contributed by atoms with Crippen molar-refractivity contribution < 1.29 is 23.9 Å². The van der Waals surface area contributed by atoms with Gasteiger partial charge in [0.15, 0.2) is 0 Å². The molecule has 90 valence electrons. The van der Waals surface area contributed by atoms with E-state index in [0.717, 1.165) is 0 Å². The van der Waals surface area contributed by atoms with Crippen LogP contribution in [0.2, 0.25) is 0 Å². The Labute approximate surface area is 93.9 Å². The Hall–Kier alpha value is -0.0900. The van der Waals surface area contributed by atoms with Gasteiger partial charge in [-0.25, -0.2) is 4.79 Å². The highest BCUT2D eigenvalue weighted by Crippen LogP contribution is 2.44. The summed E-state index contributed by atoms with van der Waals surface area (Å²) in [5.41, 5.74) is -0.723. The van der Waals surface area contributed by atoms with Gasteiger partial charge in [-0.1, -0.05) is 25.4 Å². The maximum Gasteiger partial charge on any atom is 0.354 e. The summed E-state index contributed by atoms with van der Waals surface area (Å²) in [6.45, 7) is 5.32. The zero-order valence-electron chi connectivity index (χ0n) is 8.94. The quantitative estimate of drug-likeness (QED) is 0.447. The third-order valence-corrected chi connectivity index (χ3v) is 4.07. The molecule has 5 nitrogen and oxygen atoms in total. The molecule has 0 saturated carbocycles. The molecule has 0 radical (unpaired) electrons. The van der Waals surface area contributed by atoms with E-state index in [1.165, 1.54) is 0 Å². The molecular weight excluding hydrogens is 243 g/mol. The van der Waals surface area contributed by atoms with Gasteiger partial charge < -0.3 is 14.5 Å². The van der Waals surface area contributed by atoms with E-state index in [4.69, 9.17) is 26.1 Å². The van der Waals surface area contributed by atoms with Crippen LogP contribution in [0.5, 0.6) is 0 Å². The van der Waals surface area contributed by atoms with Gasteiger partial charge >= 0.3 is 13.6 Å². The topological polar surface area (TPSA) is 83.8 Å². The molecule has 0 saturated heterocycles. The fourth-order valence-corrected chi connectivity index (χ4v) is 1.20. The minimum Gasteiger partial charge on any atom is -0.458 e. The Bertz CT molecular complexity index is 270. The molecule has 0 fully saturated rings. The van der Waals surface area contributed by atoms with Crippen LogP contribution in [0.4, 0.5) is 0 Å². The minimum absolute atomic E-state index is 0.556. The van der Waals surface area contributed by atoms with Gasteiger partial charge in [-0.15, -0.1) is 0 Å². The SMILES string of the molecule is CCC(C)(CC)OC(=O)C(Cl)P(=O)(O)O. The summed E-state index contributed by atoms with van der Waals surface area (Å²) in [7, 11) is -4.63. The van der Waals surface area contributed by atoms with Crippen molar-refractivity contribution in [3.05, 3.63) is 0 Å². The van der Waals surface area contributed by atoms with Crippen molar-refractivity contribution in [2.75, 3.05) is 0 Å². The average Bonchev–Trinajstić information content (AvgIpc) is 2.15. The number of carbonyl (C=O) groups excluding carboxylic acids is 1. The first kappa shape index (κ1) is 14.9. The number of esters is 1. The Morgan fingerprint density at radius 3 is 2.13 bits per heavy atom. The monoisotopic (exact) mass is 258 g/mol. The first-order chi connectivity index (χ1) is 6.66. The summed E-state index contributed by atoms with van der Waals surface area (Å²) in [4.78, 5) is 28.6. The standard InChI is InChI=1S/C8H16ClO5P/c1-4-8(3,5-2)14-7(10)6(9)15(11,12)13/h6H,4-5H2,1-3H3,(H2,11,12,13). The summed E-state index contributed by atoms with van der Waals surface area (Å²) >= 11 is 5.29. The molecule has 0 amide bonds. The lowest BCUT2D eigenvalue weighted by molar-refractivity contribution is -0.156. The molecular formula is C8H16ClO5P. The van der Waals surface area contributed by atoms with Crippen molar-refractivity contribution in [3.8, 4) is 0 Å². The van der Waals surface area contributed by atoms with Gasteiger partial charge in [0, 0.05) is 0 Å². The third-order valence-electron chi connectivity index (χ3n) is 2.33. The molecule has 0 aliphatic carbocycles. The molecule has 15 heavy (non-hydrogen) atoms. The molecule has 2 N–H and O–H groups in total. The van der Waals surface area contributed by atoms with Crippen molar-refractivity contribution in [1.29, 1.82) is 0 Å². The fourth-order valence-electron chi connectivity index (χ4n) is 0.823. The maximum absolute atomic E-state index is 11.3. The molecule has 0 aromatic heterocycles. The van der Waals surface area contributed by atoms with Crippen LogP contribution in [0.3, 0.4) is 0 Å². The third kappa shape index (κ3) is 4.51. The molecule has 0 spiro atoms. The maximum atomic E-state index is 11.3. The summed E-state index contributed by atoms with van der Waals surface area (Å²) < 4.78 is 15.7. The molecule has 0 aromatic rings. The van der Waals surface area contributed by atoms with E-state index >= 15 is 0 Å². The van der Waals surface area contributed by atoms with Gasteiger partial charge in [0.05, 0.1) is 0 Å². The van der Waals surface area contributed by atoms with Crippen molar-refractivity contribution in [2.45, 2.75) is 44.3 Å². The molecule has 0 heterocycles. The molecule has 0 aliphatic heterocycles. The molecule has 0 aromatic carbocycles. The molecule has 0 rings (SSSR count). The Morgan fingerprint density at radius 1 is 1.47 bits per heavy atom. The van der Waals surface area contributed by atoms with Gasteiger partial charge in [0.25, 0.3) is 0 Å².